The summed E-state index contributed by atoms with van der Waals surface area (Å²) in [5.41, 5.74) is 4.26. The van der Waals surface area contributed by atoms with Crippen molar-refractivity contribution in [2.45, 2.75) is 30.6 Å². The molecule has 0 fully saturated rings. The number of carbonyl (C=O) groups is 1. The minimum Gasteiger partial charge on any atom is -0.495 e. The van der Waals surface area contributed by atoms with Crippen molar-refractivity contribution in [2.75, 3.05) is 26.5 Å². The van der Waals surface area contributed by atoms with Gasteiger partial charge in [0.15, 0.2) is 0 Å². The van der Waals surface area contributed by atoms with E-state index in [0.29, 0.717) is 11.3 Å². The molecule has 0 aliphatic heterocycles. The summed E-state index contributed by atoms with van der Waals surface area (Å²) in [6.07, 6.45) is 4.32. The standard InChI is InChI=1S/C22H25N3O4S/c1-25(2)30(27,28)20-13-14(11-12-19(20)29-3)23-22(26)17-9-6-8-16-15-7-4-5-10-18(15)24-21(16)17/h6,8-9,11-13,24H,4-5,7,10H2,1-3H3,(H,23,26). The normalized spacial score (nSPS) is 14.0. The lowest BCUT2D eigenvalue weighted by Crippen LogP contribution is -2.23. The molecule has 7 nitrogen and oxygen atoms in total. The molecule has 0 unspecified atom stereocenters. The molecule has 0 saturated carbocycles. The van der Waals surface area contributed by atoms with Gasteiger partial charge < -0.3 is 15.0 Å². The molecule has 0 saturated heterocycles. The third-order valence-electron chi connectivity index (χ3n) is 5.56. The second-order valence-electron chi connectivity index (χ2n) is 7.62. The minimum atomic E-state index is -3.73. The van der Waals surface area contributed by atoms with E-state index in [9.17, 15) is 13.2 Å². The number of fused-ring (bicyclic) bond motifs is 3. The molecule has 0 spiro atoms. The molecule has 1 aliphatic carbocycles. The van der Waals surface area contributed by atoms with Crippen molar-refractivity contribution in [3.05, 3.63) is 53.2 Å². The summed E-state index contributed by atoms with van der Waals surface area (Å²) in [4.78, 5) is 16.5. The number of hydrogen-bond donors (Lipinski definition) is 2. The highest BCUT2D eigenvalue weighted by molar-refractivity contribution is 7.89. The molecule has 30 heavy (non-hydrogen) atoms. The number of para-hydroxylation sites is 1. The van der Waals surface area contributed by atoms with E-state index in [4.69, 9.17) is 4.74 Å². The zero-order valence-electron chi connectivity index (χ0n) is 17.3. The van der Waals surface area contributed by atoms with Crippen LogP contribution in [0.25, 0.3) is 10.9 Å². The van der Waals surface area contributed by atoms with Crippen molar-refractivity contribution in [1.29, 1.82) is 0 Å². The lowest BCUT2D eigenvalue weighted by Gasteiger charge is -2.16. The first kappa shape index (κ1) is 20.4. The number of aromatic amines is 1. The van der Waals surface area contributed by atoms with Crippen molar-refractivity contribution in [2.24, 2.45) is 0 Å². The molecule has 1 aliphatic rings. The first-order valence-corrected chi connectivity index (χ1v) is 11.3. The van der Waals surface area contributed by atoms with E-state index in [1.54, 1.807) is 18.2 Å². The summed E-state index contributed by atoms with van der Waals surface area (Å²) in [5, 5.41) is 3.92. The molecule has 3 aromatic rings. The molecule has 0 radical (unpaired) electrons. The van der Waals surface area contributed by atoms with Crippen molar-refractivity contribution in [3.63, 3.8) is 0 Å². The summed E-state index contributed by atoms with van der Waals surface area (Å²) in [6, 6.07) is 10.3. The van der Waals surface area contributed by atoms with E-state index in [-0.39, 0.29) is 16.6 Å². The van der Waals surface area contributed by atoms with E-state index in [1.807, 2.05) is 12.1 Å². The molecule has 2 N–H and O–H groups in total. The molecule has 1 aromatic heterocycles. The fraction of sp³-hybridized carbons (Fsp3) is 0.318. The molecule has 8 heteroatoms. The van der Waals surface area contributed by atoms with Crippen LogP contribution in [0.15, 0.2) is 41.3 Å². The number of hydrogen-bond acceptors (Lipinski definition) is 4. The largest absolute Gasteiger partial charge is 0.495 e. The van der Waals surface area contributed by atoms with E-state index < -0.39 is 10.0 Å². The van der Waals surface area contributed by atoms with Gasteiger partial charge in [-0.25, -0.2) is 12.7 Å². The van der Waals surface area contributed by atoms with Crippen molar-refractivity contribution >= 4 is 32.5 Å². The molecule has 1 heterocycles. The number of benzene rings is 2. The number of H-pyrrole nitrogens is 1. The number of sulfonamides is 1. The van der Waals surface area contributed by atoms with E-state index >= 15 is 0 Å². The number of ether oxygens (including phenoxy) is 1. The zero-order chi connectivity index (χ0) is 21.5. The number of methoxy groups -OCH3 is 1. The third kappa shape index (κ3) is 3.46. The maximum absolute atomic E-state index is 13.1. The maximum atomic E-state index is 13.1. The summed E-state index contributed by atoms with van der Waals surface area (Å²) >= 11 is 0. The Morgan fingerprint density at radius 1 is 1.13 bits per heavy atom. The van der Waals surface area contributed by atoms with Crippen LogP contribution in [-0.4, -0.2) is 44.8 Å². The van der Waals surface area contributed by atoms with Crippen LogP contribution in [0.1, 0.15) is 34.5 Å². The fourth-order valence-electron chi connectivity index (χ4n) is 3.97. The lowest BCUT2D eigenvalue weighted by atomic mass is 9.95. The van der Waals surface area contributed by atoms with E-state index in [0.717, 1.165) is 40.9 Å². The van der Waals surface area contributed by atoms with Gasteiger partial charge in [0.05, 0.1) is 18.2 Å². The molecule has 1 amide bonds. The van der Waals surface area contributed by atoms with Gasteiger partial charge in [-0.3, -0.25) is 4.79 Å². The maximum Gasteiger partial charge on any atom is 0.257 e. The molecular weight excluding hydrogens is 402 g/mol. The number of anilines is 1. The summed E-state index contributed by atoms with van der Waals surface area (Å²) < 4.78 is 31.6. The van der Waals surface area contributed by atoms with Gasteiger partial charge in [0.1, 0.15) is 10.6 Å². The Morgan fingerprint density at radius 3 is 2.63 bits per heavy atom. The summed E-state index contributed by atoms with van der Waals surface area (Å²) in [5.74, 6) is -0.0709. The predicted molar refractivity (Wildman–Crippen MR) is 117 cm³/mol. The van der Waals surface area contributed by atoms with Crippen molar-refractivity contribution in [3.8, 4) is 5.75 Å². The Bertz CT molecular complexity index is 1230. The molecule has 4 rings (SSSR count). The number of nitrogens with one attached hydrogen (secondary N) is 2. The van der Waals surface area contributed by atoms with Gasteiger partial charge in [-0.05, 0) is 55.5 Å². The number of amides is 1. The Balaban J connectivity index is 1.71. The van der Waals surface area contributed by atoms with Gasteiger partial charge in [-0.15, -0.1) is 0 Å². The molecule has 0 bridgehead atoms. The number of carbonyl (C=O) groups excluding carboxylic acids is 1. The first-order valence-electron chi connectivity index (χ1n) is 9.87. The number of rotatable bonds is 5. The van der Waals surface area contributed by atoms with Gasteiger partial charge in [-0.2, -0.15) is 0 Å². The van der Waals surface area contributed by atoms with Gasteiger partial charge >= 0.3 is 0 Å². The van der Waals surface area contributed by atoms with Gasteiger partial charge in [0.25, 0.3) is 5.91 Å². The average Bonchev–Trinajstić information content (AvgIpc) is 3.12. The smallest absolute Gasteiger partial charge is 0.257 e. The lowest BCUT2D eigenvalue weighted by molar-refractivity contribution is 0.102. The van der Waals surface area contributed by atoms with Crippen LogP contribution in [0.2, 0.25) is 0 Å². The van der Waals surface area contributed by atoms with Crippen molar-refractivity contribution < 1.29 is 17.9 Å². The topological polar surface area (TPSA) is 91.5 Å². The average molecular weight is 428 g/mol. The number of nitrogens with zero attached hydrogens (tertiary/aromatic N) is 1. The van der Waals surface area contributed by atoms with Crippen LogP contribution in [0, 0.1) is 0 Å². The Kier molecular flexibility index (Phi) is 5.29. The van der Waals surface area contributed by atoms with Crippen LogP contribution < -0.4 is 10.1 Å². The third-order valence-corrected chi connectivity index (χ3v) is 7.39. The van der Waals surface area contributed by atoms with Gasteiger partial charge in [0, 0.05) is 30.9 Å². The predicted octanol–water partition coefficient (Wildman–Crippen LogP) is 3.56. The van der Waals surface area contributed by atoms with E-state index in [2.05, 4.69) is 10.3 Å². The number of aromatic nitrogens is 1. The molecule has 2 aromatic carbocycles. The van der Waals surface area contributed by atoms with Crippen LogP contribution >= 0.6 is 0 Å². The Labute approximate surface area is 176 Å². The highest BCUT2D eigenvalue weighted by Gasteiger charge is 2.24. The van der Waals surface area contributed by atoms with Crippen LogP contribution in [-0.2, 0) is 22.9 Å². The Hall–Kier alpha value is -2.84. The highest BCUT2D eigenvalue weighted by Crippen LogP contribution is 2.32. The van der Waals surface area contributed by atoms with E-state index in [1.165, 1.54) is 38.5 Å². The monoisotopic (exact) mass is 427 g/mol. The number of aryl methyl sites for hydroxylation is 2. The fourth-order valence-corrected chi connectivity index (χ4v) is 5.05. The Morgan fingerprint density at radius 2 is 1.90 bits per heavy atom. The van der Waals surface area contributed by atoms with Gasteiger partial charge in [-0.1, -0.05) is 12.1 Å². The second-order valence-corrected chi connectivity index (χ2v) is 9.74. The first-order chi connectivity index (χ1) is 14.3. The quantitative estimate of drug-likeness (QED) is 0.651. The zero-order valence-corrected chi connectivity index (χ0v) is 18.1. The highest BCUT2D eigenvalue weighted by atomic mass is 32.2. The van der Waals surface area contributed by atoms with Crippen LogP contribution in [0.3, 0.4) is 0 Å². The van der Waals surface area contributed by atoms with Crippen LogP contribution in [0.5, 0.6) is 5.75 Å². The molecule has 0 atom stereocenters. The SMILES string of the molecule is COc1ccc(NC(=O)c2cccc3c4c([nH]c23)CCCC4)cc1S(=O)(=O)N(C)C. The molecule has 158 valence electrons. The molecular formula is C22H25N3O4S. The van der Waals surface area contributed by atoms with Crippen LogP contribution in [0.4, 0.5) is 5.69 Å². The summed E-state index contributed by atoms with van der Waals surface area (Å²) in [6.45, 7) is 0. The summed E-state index contributed by atoms with van der Waals surface area (Å²) in [7, 11) is 0.588. The van der Waals surface area contributed by atoms with Gasteiger partial charge in [0.2, 0.25) is 10.0 Å². The second kappa shape index (κ2) is 7.77. The van der Waals surface area contributed by atoms with Crippen molar-refractivity contribution in [1.82, 2.24) is 9.29 Å². The minimum absolute atomic E-state index is 0.00125.